The smallest absolute Gasteiger partial charge is 0.0729 e. The summed E-state index contributed by atoms with van der Waals surface area (Å²) in [7, 11) is 0. The van der Waals surface area contributed by atoms with Crippen molar-refractivity contribution >= 4 is 22.9 Å². The summed E-state index contributed by atoms with van der Waals surface area (Å²) < 4.78 is 7.93. The maximum Gasteiger partial charge on any atom is 0.0729 e. The molecular formula is C7H12INO. The van der Waals surface area contributed by atoms with Gasteiger partial charge in [0.2, 0.25) is 0 Å². The zero-order chi connectivity index (χ0) is 7.03. The second-order valence-electron chi connectivity index (χ2n) is 3.19. The van der Waals surface area contributed by atoms with E-state index in [1.165, 1.54) is 32.4 Å². The molecule has 2 aliphatic rings. The molecule has 2 rings (SSSR count). The van der Waals surface area contributed by atoms with Gasteiger partial charge in [-0.05, 0) is 19.3 Å². The van der Waals surface area contributed by atoms with Gasteiger partial charge in [0.1, 0.15) is 0 Å². The fourth-order valence-corrected chi connectivity index (χ4v) is 2.15. The van der Waals surface area contributed by atoms with E-state index in [1.807, 2.05) is 0 Å². The van der Waals surface area contributed by atoms with Gasteiger partial charge in [-0.25, -0.2) is 3.11 Å². The van der Waals surface area contributed by atoms with E-state index in [4.69, 9.17) is 4.74 Å². The van der Waals surface area contributed by atoms with E-state index >= 15 is 0 Å². The molecule has 2 aliphatic heterocycles. The van der Waals surface area contributed by atoms with Crippen molar-refractivity contribution in [3.63, 3.8) is 0 Å². The Morgan fingerprint density at radius 1 is 1.20 bits per heavy atom. The van der Waals surface area contributed by atoms with Crippen LogP contribution in [0.15, 0.2) is 0 Å². The Bertz CT molecular complexity index is 126. The molecule has 2 saturated heterocycles. The molecule has 0 radical (unpaired) electrons. The first kappa shape index (κ1) is 7.31. The van der Waals surface area contributed by atoms with Crippen LogP contribution in [0.1, 0.15) is 19.3 Å². The number of hydrogen-bond acceptors (Lipinski definition) is 2. The van der Waals surface area contributed by atoms with Gasteiger partial charge < -0.3 is 4.74 Å². The molecule has 2 nitrogen and oxygen atoms in total. The second-order valence-corrected chi connectivity index (χ2v) is 4.56. The highest BCUT2D eigenvalue weighted by atomic mass is 127. The first-order valence-electron chi connectivity index (χ1n) is 3.85. The number of hydrogen-bond donors (Lipinski definition) is 0. The Hall–Kier alpha value is 0.650. The standard InChI is InChI=1S/C7H12INO/c8-9-4-1-7(2-5-9)3-6-10-7/h1-6H2. The number of nitrogens with zero attached hydrogens (tertiary/aromatic N) is 1. The quantitative estimate of drug-likeness (QED) is 0.480. The largest absolute Gasteiger partial charge is 0.375 e. The fraction of sp³-hybridized carbons (Fsp3) is 1.00. The van der Waals surface area contributed by atoms with Gasteiger partial charge in [0.15, 0.2) is 0 Å². The third-order valence-electron chi connectivity index (χ3n) is 2.59. The van der Waals surface area contributed by atoms with Crippen LogP contribution in [0.2, 0.25) is 0 Å². The van der Waals surface area contributed by atoms with E-state index in [1.54, 1.807) is 0 Å². The van der Waals surface area contributed by atoms with Crippen molar-refractivity contribution in [2.45, 2.75) is 24.9 Å². The van der Waals surface area contributed by atoms with E-state index in [2.05, 4.69) is 26.0 Å². The average Bonchev–Trinajstić information content (AvgIpc) is 1.86. The van der Waals surface area contributed by atoms with Gasteiger partial charge in [-0.15, -0.1) is 0 Å². The van der Waals surface area contributed by atoms with Crippen molar-refractivity contribution < 1.29 is 4.74 Å². The van der Waals surface area contributed by atoms with Gasteiger partial charge in [0.05, 0.1) is 12.2 Å². The molecule has 0 amide bonds. The molecule has 0 N–H and O–H groups in total. The van der Waals surface area contributed by atoms with E-state index in [-0.39, 0.29) is 0 Å². The van der Waals surface area contributed by atoms with Gasteiger partial charge in [-0.1, -0.05) is 0 Å². The molecule has 1 spiro atoms. The summed E-state index contributed by atoms with van der Waals surface area (Å²) in [5.74, 6) is 0. The molecule has 0 saturated carbocycles. The van der Waals surface area contributed by atoms with Crippen LogP contribution in [0.3, 0.4) is 0 Å². The maximum absolute atomic E-state index is 5.58. The van der Waals surface area contributed by atoms with Crippen LogP contribution in [0.4, 0.5) is 0 Å². The Morgan fingerprint density at radius 2 is 1.80 bits per heavy atom. The Labute approximate surface area is 75.4 Å². The van der Waals surface area contributed by atoms with Crippen LogP contribution in [-0.2, 0) is 4.74 Å². The minimum Gasteiger partial charge on any atom is -0.375 e. The zero-order valence-corrected chi connectivity index (χ0v) is 8.13. The minimum absolute atomic E-state index is 0.335. The topological polar surface area (TPSA) is 12.5 Å². The van der Waals surface area contributed by atoms with Crippen molar-refractivity contribution in [1.29, 1.82) is 0 Å². The van der Waals surface area contributed by atoms with Gasteiger partial charge >= 0.3 is 0 Å². The summed E-state index contributed by atoms with van der Waals surface area (Å²) in [6.45, 7) is 3.42. The van der Waals surface area contributed by atoms with Crippen molar-refractivity contribution in [3.8, 4) is 0 Å². The molecule has 0 aliphatic carbocycles. The molecular weight excluding hydrogens is 241 g/mol. The molecule has 2 fully saturated rings. The van der Waals surface area contributed by atoms with E-state index in [9.17, 15) is 0 Å². The lowest BCUT2D eigenvalue weighted by molar-refractivity contribution is -0.165. The highest BCUT2D eigenvalue weighted by molar-refractivity contribution is 14.1. The lowest BCUT2D eigenvalue weighted by atomic mass is 9.85. The molecule has 0 bridgehead atoms. The molecule has 2 heterocycles. The van der Waals surface area contributed by atoms with Crippen LogP contribution < -0.4 is 0 Å². The highest BCUT2D eigenvalue weighted by Crippen LogP contribution is 2.37. The van der Waals surface area contributed by atoms with Gasteiger partial charge in [-0.2, -0.15) is 0 Å². The predicted molar refractivity (Wildman–Crippen MR) is 48.1 cm³/mol. The Balaban J connectivity index is 1.90. The normalized spacial score (nSPS) is 32.1. The number of halogens is 1. The van der Waals surface area contributed by atoms with Crippen LogP contribution in [0.25, 0.3) is 0 Å². The summed E-state index contributed by atoms with van der Waals surface area (Å²) in [6, 6.07) is 0. The van der Waals surface area contributed by atoms with Crippen molar-refractivity contribution in [2.24, 2.45) is 0 Å². The fourth-order valence-electron chi connectivity index (χ4n) is 1.67. The highest BCUT2D eigenvalue weighted by Gasteiger charge is 2.40. The average molecular weight is 253 g/mol. The molecule has 0 aromatic carbocycles. The summed E-state index contributed by atoms with van der Waals surface area (Å²) in [5, 5.41) is 0. The molecule has 0 aromatic rings. The van der Waals surface area contributed by atoms with Gasteiger partial charge in [0, 0.05) is 36.0 Å². The lowest BCUT2D eigenvalue weighted by Gasteiger charge is -2.46. The van der Waals surface area contributed by atoms with Gasteiger partial charge in [-0.3, -0.25) is 0 Å². The van der Waals surface area contributed by atoms with Crippen LogP contribution in [-0.4, -0.2) is 28.4 Å². The van der Waals surface area contributed by atoms with Crippen molar-refractivity contribution in [3.05, 3.63) is 0 Å². The Morgan fingerprint density at radius 3 is 2.20 bits per heavy atom. The molecule has 0 atom stereocenters. The van der Waals surface area contributed by atoms with Crippen LogP contribution in [0, 0.1) is 0 Å². The number of rotatable bonds is 0. The molecule has 58 valence electrons. The minimum atomic E-state index is 0.335. The molecule has 0 aromatic heterocycles. The molecule has 3 heteroatoms. The monoisotopic (exact) mass is 253 g/mol. The maximum atomic E-state index is 5.58. The summed E-state index contributed by atoms with van der Waals surface area (Å²) >= 11 is 2.39. The summed E-state index contributed by atoms with van der Waals surface area (Å²) in [5.41, 5.74) is 0.335. The van der Waals surface area contributed by atoms with E-state index < -0.39 is 0 Å². The van der Waals surface area contributed by atoms with E-state index in [0.717, 1.165) is 6.61 Å². The first-order valence-corrected chi connectivity index (χ1v) is 4.82. The van der Waals surface area contributed by atoms with Crippen molar-refractivity contribution in [2.75, 3.05) is 19.7 Å². The number of piperidine rings is 1. The van der Waals surface area contributed by atoms with Crippen molar-refractivity contribution in [1.82, 2.24) is 3.11 Å². The Kier molecular flexibility index (Phi) is 1.90. The van der Waals surface area contributed by atoms with E-state index in [0.29, 0.717) is 5.60 Å². The predicted octanol–water partition coefficient (Wildman–Crippen LogP) is 1.59. The molecule has 0 unspecified atom stereocenters. The first-order chi connectivity index (χ1) is 4.81. The summed E-state index contributed by atoms with van der Waals surface area (Å²) in [6.07, 6.45) is 3.80. The van der Waals surface area contributed by atoms with Gasteiger partial charge in [0.25, 0.3) is 0 Å². The second kappa shape index (κ2) is 2.60. The third kappa shape index (κ3) is 1.19. The van der Waals surface area contributed by atoms with Crippen LogP contribution >= 0.6 is 22.9 Å². The number of ether oxygens (including phenoxy) is 1. The molecule has 10 heavy (non-hydrogen) atoms. The summed E-state index contributed by atoms with van der Waals surface area (Å²) in [4.78, 5) is 0. The third-order valence-corrected chi connectivity index (χ3v) is 3.55. The zero-order valence-electron chi connectivity index (χ0n) is 5.98. The SMILES string of the molecule is IN1CCC2(CCO2)CC1. The van der Waals surface area contributed by atoms with Crippen LogP contribution in [0.5, 0.6) is 0 Å². The lowest BCUT2D eigenvalue weighted by Crippen LogP contribution is -2.50.